The second-order valence-electron chi connectivity index (χ2n) is 7.08. The molecule has 4 nitrogen and oxygen atoms in total. The number of hydrogen-bond donors (Lipinski definition) is 0. The molecule has 4 heteroatoms. The summed E-state index contributed by atoms with van der Waals surface area (Å²) in [6.45, 7) is 5.13. The van der Waals surface area contributed by atoms with Gasteiger partial charge in [-0.25, -0.2) is 0 Å². The molecule has 0 unspecified atom stereocenters. The molecule has 1 aliphatic heterocycles. The van der Waals surface area contributed by atoms with Crippen LogP contribution in [0, 0.1) is 6.92 Å². The van der Waals surface area contributed by atoms with E-state index in [1.807, 2.05) is 19.1 Å². The van der Waals surface area contributed by atoms with Crippen LogP contribution in [0.15, 0.2) is 77.2 Å². The molecule has 1 saturated heterocycles. The lowest BCUT2D eigenvalue weighted by molar-refractivity contribution is 0.375. The van der Waals surface area contributed by atoms with Gasteiger partial charge in [-0.3, -0.25) is 4.90 Å². The largest absolute Gasteiger partial charge is 0.424 e. The van der Waals surface area contributed by atoms with E-state index in [1.165, 1.54) is 25.9 Å². The first-order valence-electron chi connectivity index (χ1n) is 9.61. The molecule has 0 bridgehead atoms. The van der Waals surface area contributed by atoms with E-state index in [1.54, 1.807) is 0 Å². The van der Waals surface area contributed by atoms with Crippen molar-refractivity contribution >= 4 is 0 Å². The fourth-order valence-electron chi connectivity index (χ4n) is 3.88. The molecule has 27 heavy (non-hydrogen) atoms. The van der Waals surface area contributed by atoms with Gasteiger partial charge in [0.25, 0.3) is 0 Å². The van der Waals surface area contributed by atoms with Crippen LogP contribution in [0.2, 0.25) is 0 Å². The summed E-state index contributed by atoms with van der Waals surface area (Å²) in [7, 11) is 0. The Labute approximate surface area is 160 Å². The summed E-state index contributed by atoms with van der Waals surface area (Å²) in [5.41, 5.74) is 1.65. The zero-order valence-electron chi connectivity index (χ0n) is 15.7. The van der Waals surface area contributed by atoms with Gasteiger partial charge in [-0.05, 0) is 37.1 Å². The minimum absolute atomic E-state index is 0.578. The monoisotopic (exact) mass is 359 g/mol. The maximum Gasteiger partial charge on any atom is 0.235 e. The third-order valence-corrected chi connectivity index (χ3v) is 5.25. The van der Waals surface area contributed by atoms with Gasteiger partial charge in [-0.2, -0.15) is 0 Å². The van der Waals surface area contributed by atoms with Crippen molar-refractivity contribution in [3.05, 3.63) is 95.7 Å². The summed E-state index contributed by atoms with van der Waals surface area (Å²) in [5, 5.41) is 8.57. The lowest BCUT2D eigenvalue weighted by Crippen LogP contribution is -2.28. The molecule has 1 fully saturated rings. The molecule has 0 spiro atoms. The van der Waals surface area contributed by atoms with Gasteiger partial charge >= 0.3 is 0 Å². The molecule has 0 saturated carbocycles. The number of allylic oxidation sites excluding steroid dienone is 1. The first-order chi connectivity index (χ1) is 13.3. The van der Waals surface area contributed by atoms with E-state index < -0.39 is 5.41 Å². The number of rotatable bonds is 6. The van der Waals surface area contributed by atoms with Crippen molar-refractivity contribution < 1.29 is 4.42 Å². The summed E-state index contributed by atoms with van der Waals surface area (Å²) in [6.07, 6.45) is 7.08. The van der Waals surface area contributed by atoms with Crippen molar-refractivity contribution in [2.24, 2.45) is 0 Å². The third kappa shape index (κ3) is 3.58. The fourth-order valence-corrected chi connectivity index (χ4v) is 3.88. The standard InChI is InChI=1S/C23H25N3O/c1-19-24-25-22(27-19)23(20-11-4-2-5-12-20,21-13-6-3-7-14-21)15-10-18-26-16-8-9-17-26/h2-7,10-15H,8-9,16-18H2,1H3/b15-10+. The van der Waals surface area contributed by atoms with Gasteiger partial charge < -0.3 is 4.42 Å². The number of benzene rings is 2. The number of aromatic nitrogens is 2. The molecule has 0 aliphatic carbocycles. The summed E-state index contributed by atoms with van der Waals surface area (Å²) < 4.78 is 5.99. The van der Waals surface area contributed by atoms with Crippen LogP contribution in [-0.2, 0) is 5.41 Å². The Morgan fingerprint density at radius 3 is 2.04 bits per heavy atom. The molecule has 0 amide bonds. The quantitative estimate of drug-likeness (QED) is 0.613. The SMILES string of the molecule is Cc1nnc(C(/C=C/CN2CCCC2)(c2ccccc2)c2ccccc2)o1. The topological polar surface area (TPSA) is 42.2 Å². The molecule has 0 radical (unpaired) electrons. The highest BCUT2D eigenvalue weighted by Crippen LogP contribution is 2.39. The first kappa shape index (κ1) is 17.7. The Morgan fingerprint density at radius 1 is 0.926 bits per heavy atom. The lowest BCUT2D eigenvalue weighted by atomic mass is 9.74. The minimum atomic E-state index is -0.594. The molecule has 0 N–H and O–H groups in total. The van der Waals surface area contributed by atoms with Crippen LogP contribution in [0.5, 0.6) is 0 Å². The Hall–Kier alpha value is -2.72. The van der Waals surface area contributed by atoms with Crippen LogP contribution in [0.25, 0.3) is 0 Å². The molecule has 1 aliphatic rings. The van der Waals surface area contributed by atoms with Crippen molar-refractivity contribution in [2.75, 3.05) is 19.6 Å². The van der Waals surface area contributed by atoms with Crippen LogP contribution in [-0.4, -0.2) is 34.7 Å². The Bertz CT molecular complexity index is 841. The van der Waals surface area contributed by atoms with E-state index >= 15 is 0 Å². The van der Waals surface area contributed by atoms with Crippen LogP contribution >= 0.6 is 0 Å². The van der Waals surface area contributed by atoms with Crippen LogP contribution in [0.4, 0.5) is 0 Å². The first-order valence-corrected chi connectivity index (χ1v) is 9.61. The Balaban J connectivity index is 1.84. The number of likely N-dealkylation sites (tertiary alicyclic amines) is 1. The fraction of sp³-hybridized carbons (Fsp3) is 0.304. The van der Waals surface area contributed by atoms with Gasteiger partial charge in [0, 0.05) is 13.5 Å². The van der Waals surface area contributed by atoms with Crippen LogP contribution in [0.1, 0.15) is 35.7 Å². The van der Waals surface area contributed by atoms with Gasteiger partial charge in [-0.1, -0.05) is 72.8 Å². The zero-order chi connectivity index (χ0) is 18.5. The molecule has 1 aromatic heterocycles. The van der Waals surface area contributed by atoms with Gasteiger partial charge in [0.05, 0.1) is 0 Å². The van der Waals surface area contributed by atoms with Gasteiger partial charge in [-0.15, -0.1) is 10.2 Å². The second-order valence-corrected chi connectivity index (χ2v) is 7.08. The number of hydrogen-bond acceptors (Lipinski definition) is 4. The van der Waals surface area contributed by atoms with E-state index in [4.69, 9.17) is 4.42 Å². The smallest absolute Gasteiger partial charge is 0.235 e. The molecular formula is C23H25N3O. The number of nitrogens with zero attached hydrogens (tertiary/aromatic N) is 3. The minimum Gasteiger partial charge on any atom is -0.424 e. The Morgan fingerprint density at radius 2 is 1.52 bits per heavy atom. The molecule has 2 aromatic carbocycles. The van der Waals surface area contributed by atoms with E-state index in [2.05, 4.69) is 75.8 Å². The van der Waals surface area contributed by atoms with Crippen LogP contribution in [0.3, 0.4) is 0 Å². The van der Waals surface area contributed by atoms with E-state index in [9.17, 15) is 0 Å². The van der Waals surface area contributed by atoms with Crippen molar-refractivity contribution in [1.29, 1.82) is 0 Å². The highest BCUT2D eigenvalue weighted by molar-refractivity contribution is 5.50. The molecule has 4 rings (SSSR count). The van der Waals surface area contributed by atoms with Gasteiger partial charge in [0.1, 0.15) is 5.41 Å². The van der Waals surface area contributed by atoms with Gasteiger partial charge in [0.15, 0.2) is 0 Å². The summed E-state index contributed by atoms with van der Waals surface area (Å²) in [4.78, 5) is 2.48. The summed E-state index contributed by atoms with van der Waals surface area (Å²) in [6, 6.07) is 20.8. The normalized spacial score (nSPS) is 15.6. The predicted molar refractivity (Wildman–Crippen MR) is 107 cm³/mol. The Kier molecular flexibility index (Phi) is 5.16. The molecule has 0 atom stereocenters. The highest BCUT2D eigenvalue weighted by atomic mass is 16.4. The highest BCUT2D eigenvalue weighted by Gasteiger charge is 2.39. The average Bonchev–Trinajstić information content (AvgIpc) is 3.39. The maximum atomic E-state index is 5.99. The van der Waals surface area contributed by atoms with Gasteiger partial charge in [0.2, 0.25) is 11.8 Å². The average molecular weight is 359 g/mol. The summed E-state index contributed by atoms with van der Waals surface area (Å²) >= 11 is 0. The van der Waals surface area contributed by atoms with Crippen molar-refractivity contribution in [2.45, 2.75) is 25.2 Å². The van der Waals surface area contributed by atoms with Crippen molar-refractivity contribution in [3.63, 3.8) is 0 Å². The van der Waals surface area contributed by atoms with Crippen molar-refractivity contribution in [1.82, 2.24) is 15.1 Å². The number of aryl methyl sites for hydroxylation is 1. The third-order valence-electron chi connectivity index (χ3n) is 5.25. The molecular weight excluding hydrogens is 334 g/mol. The zero-order valence-corrected chi connectivity index (χ0v) is 15.7. The lowest BCUT2D eigenvalue weighted by Gasteiger charge is -2.29. The predicted octanol–water partition coefficient (Wildman–Crippen LogP) is 4.36. The molecule has 3 aromatic rings. The van der Waals surface area contributed by atoms with E-state index in [0.29, 0.717) is 11.8 Å². The summed E-state index contributed by atoms with van der Waals surface area (Å²) in [5.74, 6) is 1.18. The van der Waals surface area contributed by atoms with E-state index in [0.717, 1.165) is 17.7 Å². The van der Waals surface area contributed by atoms with Crippen molar-refractivity contribution in [3.8, 4) is 0 Å². The van der Waals surface area contributed by atoms with E-state index in [-0.39, 0.29) is 0 Å². The second kappa shape index (κ2) is 7.89. The molecule has 138 valence electrons. The molecule has 2 heterocycles. The van der Waals surface area contributed by atoms with Crippen LogP contribution < -0.4 is 0 Å². The maximum absolute atomic E-state index is 5.99.